The number of aromatic nitrogens is 4. The summed E-state index contributed by atoms with van der Waals surface area (Å²) in [6.07, 6.45) is 4.44. The molecule has 0 aliphatic carbocycles. The smallest absolute Gasteiger partial charge is 0.116 e. The van der Waals surface area contributed by atoms with Crippen molar-refractivity contribution in [2.45, 2.75) is 26.8 Å². The molecule has 4 nitrogen and oxygen atoms in total. The van der Waals surface area contributed by atoms with Gasteiger partial charge in [0.25, 0.3) is 0 Å². The van der Waals surface area contributed by atoms with Crippen molar-refractivity contribution in [2.24, 2.45) is 0 Å². The summed E-state index contributed by atoms with van der Waals surface area (Å²) in [4.78, 5) is 8.30. The van der Waals surface area contributed by atoms with Crippen molar-refractivity contribution < 1.29 is 0 Å². The molecule has 0 amide bonds. The third-order valence-corrected chi connectivity index (χ3v) is 2.05. The minimum atomic E-state index is 0.928. The molecule has 0 saturated carbocycles. The number of hydrogen-bond acceptors (Lipinski definition) is 3. The SMILES string of the molecule is CCCn1ncc2ncnc(C)c21. The normalized spacial score (nSPS) is 10.9. The van der Waals surface area contributed by atoms with Crippen LogP contribution in [0.4, 0.5) is 0 Å². The van der Waals surface area contributed by atoms with Crippen molar-refractivity contribution in [1.29, 1.82) is 0 Å². The zero-order chi connectivity index (χ0) is 9.26. The Labute approximate surface area is 76.6 Å². The highest BCUT2D eigenvalue weighted by Gasteiger charge is 2.05. The van der Waals surface area contributed by atoms with Gasteiger partial charge in [0.2, 0.25) is 0 Å². The number of aryl methyl sites for hydroxylation is 2. The molecule has 68 valence electrons. The molecule has 0 atom stereocenters. The fraction of sp³-hybridized carbons (Fsp3) is 0.444. The summed E-state index contributed by atoms with van der Waals surface area (Å²) in [5, 5.41) is 4.26. The van der Waals surface area contributed by atoms with Crippen molar-refractivity contribution in [2.75, 3.05) is 0 Å². The summed E-state index contributed by atoms with van der Waals surface area (Å²) in [5.74, 6) is 0. The molecule has 2 rings (SSSR count). The Morgan fingerprint density at radius 1 is 1.38 bits per heavy atom. The van der Waals surface area contributed by atoms with Crippen LogP contribution in [0.1, 0.15) is 19.0 Å². The first-order valence-electron chi connectivity index (χ1n) is 4.46. The predicted octanol–water partition coefficient (Wildman–Crippen LogP) is 1.54. The number of hydrogen-bond donors (Lipinski definition) is 0. The van der Waals surface area contributed by atoms with Gasteiger partial charge in [-0.3, -0.25) is 4.68 Å². The first-order valence-corrected chi connectivity index (χ1v) is 4.46. The van der Waals surface area contributed by atoms with Gasteiger partial charge in [0, 0.05) is 6.54 Å². The van der Waals surface area contributed by atoms with Gasteiger partial charge in [-0.15, -0.1) is 0 Å². The predicted molar refractivity (Wildman–Crippen MR) is 50.4 cm³/mol. The highest BCUT2D eigenvalue weighted by Crippen LogP contribution is 2.13. The van der Waals surface area contributed by atoms with E-state index in [0.29, 0.717) is 0 Å². The fourth-order valence-electron chi connectivity index (χ4n) is 1.46. The lowest BCUT2D eigenvalue weighted by atomic mass is 10.3. The Kier molecular flexibility index (Phi) is 1.96. The van der Waals surface area contributed by atoms with E-state index >= 15 is 0 Å². The van der Waals surface area contributed by atoms with Gasteiger partial charge in [-0.25, -0.2) is 9.97 Å². The van der Waals surface area contributed by atoms with Crippen LogP contribution in [0.15, 0.2) is 12.5 Å². The van der Waals surface area contributed by atoms with Gasteiger partial charge >= 0.3 is 0 Å². The molecule has 0 radical (unpaired) electrons. The zero-order valence-corrected chi connectivity index (χ0v) is 7.86. The van der Waals surface area contributed by atoms with Crippen LogP contribution in [-0.2, 0) is 6.54 Å². The second-order valence-corrected chi connectivity index (χ2v) is 3.06. The topological polar surface area (TPSA) is 43.6 Å². The molecule has 2 aromatic rings. The van der Waals surface area contributed by atoms with Gasteiger partial charge in [-0.05, 0) is 13.3 Å². The van der Waals surface area contributed by atoms with Crippen molar-refractivity contribution in [3.8, 4) is 0 Å². The average molecular weight is 176 g/mol. The summed E-state index contributed by atoms with van der Waals surface area (Å²) >= 11 is 0. The highest BCUT2D eigenvalue weighted by atomic mass is 15.3. The van der Waals surface area contributed by atoms with Gasteiger partial charge < -0.3 is 0 Å². The molecule has 13 heavy (non-hydrogen) atoms. The van der Waals surface area contributed by atoms with Gasteiger partial charge in [0.1, 0.15) is 17.4 Å². The molecule has 0 unspecified atom stereocenters. The summed E-state index contributed by atoms with van der Waals surface area (Å²) in [6, 6.07) is 0. The standard InChI is InChI=1S/C9H12N4/c1-3-4-13-9-7(2)10-6-11-8(9)5-12-13/h5-6H,3-4H2,1-2H3. The summed E-state index contributed by atoms with van der Waals surface area (Å²) in [5.41, 5.74) is 2.99. The van der Waals surface area contributed by atoms with Crippen LogP contribution >= 0.6 is 0 Å². The summed E-state index contributed by atoms with van der Waals surface area (Å²) in [6.45, 7) is 5.04. The van der Waals surface area contributed by atoms with Crippen LogP contribution < -0.4 is 0 Å². The van der Waals surface area contributed by atoms with E-state index in [1.807, 2.05) is 11.6 Å². The van der Waals surface area contributed by atoms with E-state index in [0.717, 1.165) is 29.7 Å². The van der Waals surface area contributed by atoms with Gasteiger partial charge in [0.05, 0.1) is 11.9 Å². The maximum Gasteiger partial charge on any atom is 0.116 e. The van der Waals surface area contributed by atoms with Crippen molar-refractivity contribution >= 4 is 11.0 Å². The largest absolute Gasteiger partial charge is 0.261 e. The average Bonchev–Trinajstić information content (AvgIpc) is 2.51. The Hall–Kier alpha value is -1.45. The first-order chi connectivity index (χ1) is 6.33. The van der Waals surface area contributed by atoms with E-state index < -0.39 is 0 Å². The molecule has 0 spiro atoms. The zero-order valence-electron chi connectivity index (χ0n) is 7.86. The van der Waals surface area contributed by atoms with E-state index in [9.17, 15) is 0 Å². The minimum Gasteiger partial charge on any atom is -0.261 e. The molecule has 2 heterocycles. The van der Waals surface area contributed by atoms with Gasteiger partial charge in [-0.2, -0.15) is 5.10 Å². The molecule has 0 aliphatic heterocycles. The van der Waals surface area contributed by atoms with Crippen LogP contribution in [0, 0.1) is 6.92 Å². The quantitative estimate of drug-likeness (QED) is 0.697. The Morgan fingerprint density at radius 2 is 2.23 bits per heavy atom. The highest BCUT2D eigenvalue weighted by molar-refractivity contribution is 5.75. The number of rotatable bonds is 2. The third kappa shape index (κ3) is 1.28. The van der Waals surface area contributed by atoms with E-state index in [-0.39, 0.29) is 0 Å². The van der Waals surface area contributed by atoms with Crippen LogP contribution in [0.5, 0.6) is 0 Å². The number of nitrogens with zero attached hydrogens (tertiary/aromatic N) is 4. The van der Waals surface area contributed by atoms with Crippen LogP contribution in [0.3, 0.4) is 0 Å². The van der Waals surface area contributed by atoms with Crippen molar-refractivity contribution in [3.63, 3.8) is 0 Å². The third-order valence-electron chi connectivity index (χ3n) is 2.05. The van der Waals surface area contributed by atoms with Gasteiger partial charge in [-0.1, -0.05) is 6.92 Å². The number of fused-ring (bicyclic) bond motifs is 1. The minimum absolute atomic E-state index is 0.928. The lowest BCUT2D eigenvalue weighted by Gasteiger charge is -2.01. The maximum atomic E-state index is 4.26. The van der Waals surface area contributed by atoms with Crippen molar-refractivity contribution in [1.82, 2.24) is 19.7 Å². The monoisotopic (exact) mass is 176 g/mol. The fourth-order valence-corrected chi connectivity index (χ4v) is 1.46. The molecule has 0 saturated heterocycles. The van der Waals surface area contributed by atoms with E-state index in [2.05, 4.69) is 22.0 Å². The van der Waals surface area contributed by atoms with Crippen LogP contribution in [0.2, 0.25) is 0 Å². The molecular weight excluding hydrogens is 164 g/mol. The van der Waals surface area contributed by atoms with E-state index in [4.69, 9.17) is 0 Å². The molecule has 0 fully saturated rings. The first kappa shape index (κ1) is 8.16. The van der Waals surface area contributed by atoms with E-state index in [1.54, 1.807) is 12.5 Å². The lowest BCUT2D eigenvalue weighted by molar-refractivity contribution is 0.620. The van der Waals surface area contributed by atoms with E-state index in [1.165, 1.54) is 0 Å². The second-order valence-electron chi connectivity index (χ2n) is 3.06. The Morgan fingerprint density at radius 3 is 3.00 bits per heavy atom. The van der Waals surface area contributed by atoms with Crippen LogP contribution in [-0.4, -0.2) is 19.7 Å². The second kappa shape index (κ2) is 3.12. The Balaban J connectivity index is 2.64. The molecule has 0 bridgehead atoms. The maximum absolute atomic E-state index is 4.26. The molecule has 0 N–H and O–H groups in total. The molecular formula is C9H12N4. The van der Waals surface area contributed by atoms with Crippen molar-refractivity contribution in [3.05, 3.63) is 18.2 Å². The Bertz CT molecular complexity index is 418. The molecule has 0 aliphatic rings. The summed E-state index contributed by atoms with van der Waals surface area (Å²) in [7, 11) is 0. The molecule has 0 aromatic carbocycles. The molecule has 2 aromatic heterocycles. The lowest BCUT2D eigenvalue weighted by Crippen LogP contribution is -2.00. The van der Waals surface area contributed by atoms with Gasteiger partial charge in [0.15, 0.2) is 0 Å². The molecule has 4 heteroatoms. The van der Waals surface area contributed by atoms with Crippen LogP contribution in [0.25, 0.3) is 11.0 Å². The summed E-state index contributed by atoms with van der Waals surface area (Å²) < 4.78 is 1.96.